The second kappa shape index (κ2) is 9.87. The Hall–Kier alpha value is -2.36. The number of thioether (sulfide) groups is 1. The Morgan fingerprint density at radius 3 is 2.85 bits per heavy atom. The molecule has 0 aliphatic heterocycles. The zero-order valence-corrected chi connectivity index (χ0v) is 20.6. The molecule has 0 spiro atoms. The molecule has 0 bridgehead atoms. The van der Waals surface area contributed by atoms with E-state index in [0.29, 0.717) is 10.7 Å². The molecule has 2 aromatic carbocycles. The molecule has 9 heteroatoms. The molecule has 0 saturated heterocycles. The fourth-order valence-electron chi connectivity index (χ4n) is 4.29. The fourth-order valence-corrected chi connectivity index (χ4v) is 5.78. The summed E-state index contributed by atoms with van der Waals surface area (Å²) in [5.74, 6) is -0.0268. The van der Waals surface area contributed by atoms with Gasteiger partial charge in [-0.3, -0.25) is 4.79 Å². The van der Waals surface area contributed by atoms with Gasteiger partial charge in [0.2, 0.25) is 15.9 Å². The number of amides is 1. The van der Waals surface area contributed by atoms with Gasteiger partial charge in [-0.05, 0) is 61.9 Å². The first-order chi connectivity index (χ1) is 15.8. The highest BCUT2D eigenvalue weighted by Gasteiger charge is 2.25. The number of carbonyl (C=O) groups excluding carboxylic acids is 1. The van der Waals surface area contributed by atoms with Gasteiger partial charge in [-0.25, -0.2) is 18.5 Å². The third kappa shape index (κ3) is 5.26. The second-order valence-corrected chi connectivity index (χ2v) is 11.4. The molecule has 176 valence electrons. The van der Waals surface area contributed by atoms with Crippen LogP contribution in [-0.4, -0.2) is 29.1 Å². The normalized spacial score (nSPS) is 17.0. The third-order valence-electron chi connectivity index (χ3n) is 6.09. The molecule has 3 N–H and O–H groups in total. The second-order valence-electron chi connectivity index (χ2n) is 8.51. The molecule has 4 rings (SSSR count). The van der Waals surface area contributed by atoms with Gasteiger partial charge in [0.1, 0.15) is 0 Å². The van der Waals surface area contributed by atoms with Crippen molar-refractivity contribution in [1.82, 2.24) is 14.9 Å². The molecule has 7 nitrogen and oxygen atoms in total. The highest BCUT2D eigenvalue weighted by molar-refractivity contribution is 8.00. The van der Waals surface area contributed by atoms with E-state index in [2.05, 4.69) is 33.9 Å². The molecule has 1 aliphatic rings. The molecule has 2 unspecified atom stereocenters. The van der Waals surface area contributed by atoms with Crippen molar-refractivity contribution in [2.75, 3.05) is 0 Å². The van der Waals surface area contributed by atoms with Crippen LogP contribution in [0, 0.1) is 0 Å². The lowest BCUT2D eigenvalue weighted by atomic mass is 9.88. The van der Waals surface area contributed by atoms with E-state index >= 15 is 0 Å². The SMILES string of the molecule is CCCCn1c(SC(C)C(=O)NC2CCCc3ccccc32)nc2cc(S(N)(=O)=O)ccc21. The lowest BCUT2D eigenvalue weighted by Gasteiger charge is -2.27. The number of benzene rings is 2. The number of carbonyl (C=O) groups is 1. The average Bonchev–Trinajstić information content (AvgIpc) is 3.13. The van der Waals surface area contributed by atoms with Crippen LogP contribution in [0.1, 0.15) is 56.7 Å². The summed E-state index contributed by atoms with van der Waals surface area (Å²) in [5.41, 5.74) is 3.92. The van der Waals surface area contributed by atoms with Crippen molar-refractivity contribution in [2.45, 2.75) is 73.8 Å². The first-order valence-electron chi connectivity index (χ1n) is 11.4. The first-order valence-corrected chi connectivity index (χ1v) is 13.8. The van der Waals surface area contributed by atoms with Gasteiger partial charge in [0.25, 0.3) is 0 Å². The summed E-state index contributed by atoms with van der Waals surface area (Å²) >= 11 is 1.40. The van der Waals surface area contributed by atoms with Crippen molar-refractivity contribution >= 4 is 38.7 Å². The maximum absolute atomic E-state index is 13.1. The van der Waals surface area contributed by atoms with Crippen LogP contribution in [0.4, 0.5) is 0 Å². The number of unbranched alkanes of at least 4 members (excludes halogenated alkanes) is 1. The summed E-state index contributed by atoms with van der Waals surface area (Å²) in [6.07, 6.45) is 5.01. The first kappa shape index (κ1) is 23.8. The number of hydrogen-bond acceptors (Lipinski definition) is 5. The molecule has 1 aromatic heterocycles. The Kier molecular flexibility index (Phi) is 7.11. The van der Waals surface area contributed by atoms with Gasteiger partial charge in [0.15, 0.2) is 5.16 Å². The van der Waals surface area contributed by atoms with Gasteiger partial charge >= 0.3 is 0 Å². The van der Waals surface area contributed by atoms with Crippen LogP contribution in [0.25, 0.3) is 11.0 Å². The molecule has 2 atom stereocenters. The fraction of sp³-hybridized carbons (Fsp3) is 0.417. The lowest BCUT2D eigenvalue weighted by molar-refractivity contribution is -0.121. The Bertz CT molecular complexity index is 1270. The number of hydrogen-bond donors (Lipinski definition) is 2. The van der Waals surface area contributed by atoms with Crippen LogP contribution in [0.15, 0.2) is 52.5 Å². The van der Waals surface area contributed by atoms with E-state index in [-0.39, 0.29) is 22.1 Å². The summed E-state index contributed by atoms with van der Waals surface area (Å²) in [6, 6.07) is 13.1. The summed E-state index contributed by atoms with van der Waals surface area (Å²) in [4.78, 5) is 17.8. The Labute approximate surface area is 199 Å². The molecule has 1 heterocycles. The van der Waals surface area contributed by atoms with Crippen LogP contribution < -0.4 is 10.5 Å². The quantitative estimate of drug-likeness (QED) is 0.465. The van der Waals surface area contributed by atoms with Crippen LogP contribution in [0.5, 0.6) is 0 Å². The van der Waals surface area contributed by atoms with Crippen molar-refractivity contribution in [3.05, 3.63) is 53.6 Å². The molecule has 33 heavy (non-hydrogen) atoms. The van der Waals surface area contributed by atoms with Crippen LogP contribution in [0.3, 0.4) is 0 Å². The third-order valence-corrected chi connectivity index (χ3v) is 8.09. The maximum Gasteiger partial charge on any atom is 0.238 e. The number of nitrogens with zero attached hydrogens (tertiary/aromatic N) is 2. The minimum absolute atomic E-state index is 0.0268. The lowest BCUT2D eigenvalue weighted by Crippen LogP contribution is -2.36. The van der Waals surface area contributed by atoms with Crippen molar-refractivity contribution < 1.29 is 13.2 Å². The predicted molar refractivity (Wildman–Crippen MR) is 132 cm³/mol. The van der Waals surface area contributed by atoms with E-state index in [0.717, 1.165) is 44.2 Å². The highest BCUT2D eigenvalue weighted by atomic mass is 32.2. The van der Waals surface area contributed by atoms with E-state index in [1.54, 1.807) is 6.07 Å². The molecule has 1 aliphatic carbocycles. The Morgan fingerprint density at radius 1 is 1.30 bits per heavy atom. The molecular weight excluding hydrogens is 456 g/mol. The highest BCUT2D eigenvalue weighted by Crippen LogP contribution is 2.32. The number of fused-ring (bicyclic) bond motifs is 2. The van der Waals surface area contributed by atoms with Crippen LogP contribution >= 0.6 is 11.8 Å². The maximum atomic E-state index is 13.1. The minimum atomic E-state index is -3.81. The van der Waals surface area contributed by atoms with Crippen LogP contribution in [-0.2, 0) is 27.8 Å². The molecule has 3 aromatic rings. The Morgan fingerprint density at radius 2 is 2.09 bits per heavy atom. The number of primary sulfonamides is 1. The van der Waals surface area contributed by atoms with Crippen molar-refractivity contribution in [1.29, 1.82) is 0 Å². The van der Waals surface area contributed by atoms with E-state index in [9.17, 15) is 13.2 Å². The van der Waals surface area contributed by atoms with Gasteiger partial charge in [-0.15, -0.1) is 0 Å². The van der Waals surface area contributed by atoms with Crippen molar-refractivity contribution in [2.24, 2.45) is 5.14 Å². The minimum Gasteiger partial charge on any atom is -0.348 e. The van der Waals surface area contributed by atoms with E-state index < -0.39 is 10.0 Å². The number of aromatic nitrogens is 2. The standard InChI is InChI=1S/C24H30N4O3S2/c1-3-4-14-28-22-13-12-18(33(25,30)31)15-21(22)27-24(28)32-16(2)23(29)26-20-11-7-9-17-8-5-6-10-19(17)20/h5-6,8,10,12-13,15-16,20H,3-4,7,9,11,14H2,1-2H3,(H,26,29)(H2,25,30,31). The number of rotatable bonds is 8. The largest absolute Gasteiger partial charge is 0.348 e. The average molecular weight is 487 g/mol. The van der Waals surface area contributed by atoms with Crippen molar-refractivity contribution in [3.63, 3.8) is 0 Å². The molecule has 0 fully saturated rings. The smallest absolute Gasteiger partial charge is 0.238 e. The Balaban J connectivity index is 1.56. The molecular formula is C24H30N4O3S2. The monoisotopic (exact) mass is 486 g/mol. The van der Waals surface area contributed by atoms with Gasteiger partial charge < -0.3 is 9.88 Å². The summed E-state index contributed by atoms with van der Waals surface area (Å²) in [5, 5.41) is 8.88. The van der Waals surface area contributed by atoms with E-state index in [1.165, 1.54) is 35.0 Å². The molecule has 1 amide bonds. The van der Waals surface area contributed by atoms with Gasteiger partial charge in [-0.2, -0.15) is 0 Å². The number of aryl methyl sites for hydroxylation is 2. The molecule has 0 radical (unpaired) electrons. The summed E-state index contributed by atoms with van der Waals surface area (Å²) < 4.78 is 25.6. The zero-order valence-electron chi connectivity index (χ0n) is 19.0. The number of nitrogens with two attached hydrogens (primary N) is 1. The van der Waals surface area contributed by atoms with Crippen molar-refractivity contribution in [3.8, 4) is 0 Å². The number of nitrogens with one attached hydrogen (secondary N) is 1. The van der Waals surface area contributed by atoms with E-state index in [1.807, 2.05) is 19.1 Å². The van der Waals surface area contributed by atoms with Gasteiger partial charge in [0, 0.05) is 6.54 Å². The predicted octanol–water partition coefficient (Wildman–Crippen LogP) is 4.16. The van der Waals surface area contributed by atoms with Gasteiger partial charge in [-0.1, -0.05) is 49.4 Å². The van der Waals surface area contributed by atoms with Gasteiger partial charge in [0.05, 0.1) is 27.2 Å². The number of imidazole rings is 1. The number of sulfonamides is 1. The topological polar surface area (TPSA) is 107 Å². The van der Waals surface area contributed by atoms with E-state index in [4.69, 9.17) is 5.14 Å². The zero-order chi connectivity index (χ0) is 23.6. The summed E-state index contributed by atoms with van der Waals surface area (Å²) in [7, 11) is -3.81. The summed E-state index contributed by atoms with van der Waals surface area (Å²) in [6.45, 7) is 4.74. The van der Waals surface area contributed by atoms with Crippen LogP contribution in [0.2, 0.25) is 0 Å². The molecule has 0 saturated carbocycles.